The minimum absolute atomic E-state index is 0.0920. The summed E-state index contributed by atoms with van der Waals surface area (Å²) in [6, 6.07) is 1.67. The van der Waals surface area contributed by atoms with Gasteiger partial charge in [-0.3, -0.25) is 0 Å². The van der Waals surface area contributed by atoms with Crippen LogP contribution >= 0.6 is 15.9 Å². The van der Waals surface area contributed by atoms with Crippen LogP contribution in [0.15, 0.2) is 18.7 Å². The summed E-state index contributed by atoms with van der Waals surface area (Å²) in [4.78, 5) is 0. The van der Waals surface area contributed by atoms with Crippen LogP contribution < -0.4 is 0 Å². The molecule has 4 heteroatoms. The van der Waals surface area contributed by atoms with Gasteiger partial charge < -0.3 is 5.11 Å². The fourth-order valence-electron chi connectivity index (χ4n) is 0.907. The topological polar surface area (TPSA) is 20.2 Å². The Hall–Kier alpha value is -0.900. The molecule has 1 aromatic carbocycles. The first-order valence-corrected chi connectivity index (χ1v) is 4.60. The van der Waals surface area contributed by atoms with Gasteiger partial charge in [-0.15, -0.1) is 0 Å². The molecule has 0 saturated carbocycles. The highest BCUT2D eigenvalue weighted by Crippen LogP contribution is 2.28. The van der Waals surface area contributed by atoms with Gasteiger partial charge in [0.2, 0.25) is 0 Å². The molecule has 0 aromatic heterocycles. The van der Waals surface area contributed by atoms with E-state index in [1.807, 2.05) is 0 Å². The molecule has 0 aliphatic rings. The Morgan fingerprint density at radius 1 is 1.46 bits per heavy atom. The number of halogens is 3. The first kappa shape index (κ1) is 10.2. The molecule has 0 spiro atoms. The van der Waals surface area contributed by atoms with Gasteiger partial charge in [-0.05, 0) is 11.6 Å². The summed E-state index contributed by atoms with van der Waals surface area (Å²) < 4.78 is 25.5. The second kappa shape index (κ2) is 3.87. The predicted octanol–water partition coefficient (Wildman–Crippen LogP) is 3.08. The minimum Gasteiger partial charge on any atom is -0.504 e. The Morgan fingerprint density at radius 2 is 2.08 bits per heavy atom. The SMILES string of the molecule is C=C(CBr)c1cc(F)cc(F)c1O. The number of hydrogen-bond acceptors (Lipinski definition) is 1. The number of hydrogen-bond donors (Lipinski definition) is 1. The Kier molecular flexibility index (Phi) is 3.03. The third-order valence-electron chi connectivity index (χ3n) is 1.57. The lowest BCUT2D eigenvalue weighted by atomic mass is 10.1. The van der Waals surface area contributed by atoms with Gasteiger partial charge in [-0.1, -0.05) is 22.5 Å². The van der Waals surface area contributed by atoms with Gasteiger partial charge in [0.25, 0.3) is 0 Å². The van der Waals surface area contributed by atoms with Crippen molar-refractivity contribution in [3.63, 3.8) is 0 Å². The van der Waals surface area contributed by atoms with Crippen LogP contribution in [0.3, 0.4) is 0 Å². The summed E-state index contributed by atoms with van der Waals surface area (Å²) in [5.74, 6) is -2.27. The van der Waals surface area contributed by atoms with Crippen LogP contribution in [0.5, 0.6) is 5.75 Å². The smallest absolute Gasteiger partial charge is 0.168 e. The molecule has 0 radical (unpaired) electrons. The molecule has 0 atom stereocenters. The zero-order valence-corrected chi connectivity index (χ0v) is 8.24. The average Bonchev–Trinajstić information content (AvgIpc) is 2.10. The van der Waals surface area contributed by atoms with Crippen molar-refractivity contribution in [1.29, 1.82) is 0 Å². The van der Waals surface area contributed by atoms with E-state index in [2.05, 4.69) is 22.5 Å². The van der Waals surface area contributed by atoms with Crippen LogP contribution in [0.1, 0.15) is 5.56 Å². The Labute approximate surface area is 82.8 Å². The van der Waals surface area contributed by atoms with Crippen LogP contribution in [0.25, 0.3) is 5.57 Å². The predicted molar refractivity (Wildman–Crippen MR) is 50.9 cm³/mol. The summed E-state index contributed by atoms with van der Waals surface area (Å²) in [7, 11) is 0. The molecular weight excluding hydrogens is 242 g/mol. The van der Waals surface area contributed by atoms with Crippen LogP contribution in [-0.2, 0) is 0 Å². The molecule has 0 aliphatic heterocycles. The molecule has 0 bridgehead atoms. The van der Waals surface area contributed by atoms with Gasteiger partial charge in [0.05, 0.1) is 0 Å². The summed E-state index contributed by atoms with van der Waals surface area (Å²) in [5.41, 5.74) is 0.519. The Balaban J connectivity index is 3.28. The molecule has 0 unspecified atom stereocenters. The molecule has 0 heterocycles. The highest BCUT2D eigenvalue weighted by atomic mass is 79.9. The molecule has 70 valence electrons. The van der Waals surface area contributed by atoms with Gasteiger partial charge in [-0.25, -0.2) is 8.78 Å². The molecule has 1 aromatic rings. The number of rotatable bonds is 2. The Bertz CT molecular complexity index is 350. The van der Waals surface area contributed by atoms with Crippen molar-refractivity contribution in [3.8, 4) is 5.75 Å². The van der Waals surface area contributed by atoms with Crippen molar-refractivity contribution < 1.29 is 13.9 Å². The second-order valence-electron chi connectivity index (χ2n) is 2.52. The third kappa shape index (κ3) is 2.06. The lowest BCUT2D eigenvalue weighted by Crippen LogP contribution is -1.90. The quantitative estimate of drug-likeness (QED) is 0.798. The molecular formula is C9H7BrF2O. The highest BCUT2D eigenvalue weighted by Gasteiger charge is 2.11. The molecule has 1 N–H and O–H groups in total. The van der Waals surface area contributed by atoms with Gasteiger partial charge in [-0.2, -0.15) is 0 Å². The normalized spacial score (nSPS) is 10.1. The summed E-state index contributed by atoms with van der Waals surface area (Å²) in [6.07, 6.45) is 0. The van der Waals surface area contributed by atoms with Crippen molar-refractivity contribution in [2.45, 2.75) is 0 Å². The lowest BCUT2D eigenvalue weighted by Gasteiger charge is -2.05. The van der Waals surface area contributed by atoms with Gasteiger partial charge in [0.1, 0.15) is 5.82 Å². The number of aromatic hydroxyl groups is 1. The van der Waals surface area contributed by atoms with E-state index in [0.717, 1.165) is 6.07 Å². The number of phenols is 1. The fourth-order valence-corrected chi connectivity index (χ4v) is 1.21. The van der Waals surface area contributed by atoms with E-state index in [1.54, 1.807) is 0 Å². The number of benzene rings is 1. The highest BCUT2D eigenvalue weighted by molar-refractivity contribution is 9.09. The molecule has 0 saturated heterocycles. The van der Waals surface area contributed by atoms with Crippen molar-refractivity contribution >= 4 is 21.5 Å². The summed E-state index contributed by atoms with van der Waals surface area (Å²) in [5, 5.41) is 9.55. The van der Waals surface area contributed by atoms with Crippen molar-refractivity contribution in [2.24, 2.45) is 0 Å². The summed E-state index contributed by atoms with van der Waals surface area (Å²) >= 11 is 3.08. The van der Waals surface area contributed by atoms with E-state index >= 15 is 0 Å². The van der Waals surface area contributed by atoms with E-state index in [-0.39, 0.29) is 5.56 Å². The minimum atomic E-state index is -0.975. The van der Waals surface area contributed by atoms with Crippen LogP contribution in [0.4, 0.5) is 8.78 Å². The van der Waals surface area contributed by atoms with Crippen LogP contribution in [-0.4, -0.2) is 10.4 Å². The second-order valence-corrected chi connectivity index (χ2v) is 3.08. The summed E-state index contributed by atoms with van der Waals surface area (Å²) in [6.45, 7) is 3.55. The van der Waals surface area contributed by atoms with E-state index in [4.69, 9.17) is 0 Å². The van der Waals surface area contributed by atoms with Crippen LogP contribution in [0.2, 0.25) is 0 Å². The number of phenolic OH excluding ortho intramolecular Hbond substituents is 1. The first-order valence-electron chi connectivity index (χ1n) is 3.48. The van der Waals surface area contributed by atoms with Crippen molar-refractivity contribution in [1.82, 2.24) is 0 Å². The largest absolute Gasteiger partial charge is 0.504 e. The maximum Gasteiger partial charge on any atom is 0.168 e. The molecule has 0 fully saturated rings. The molecule has 0 amide bonds. The van der Waals surface area contributed by atoms with E-state index in [9.17, 15) is 13.9 Å². The van der Waals surface area contributed by atoms with Crippen molar-refractivity contribution in [2.75, 3.05) is 5.33 Å². The van der Waals surface area contributed by atoms with Crippen molar-refractivity contribution in [3.05, 3.63) is 35.9 Å². The van der Waals surface area contributed by atoms with E-state index in [0.29, 0.717) is 17.0 Å². The fraction of sp³-hybridized carbons (Fsp3) is 0.111. The van der Waals surface area contributed by atoms with E-state index in [1.165, 1.54) is 0 Å². The number of alkyl halides is 1. The zero-order chi connectivity index (χ0) is 10.0. The lowest BCUT2D eigenvalue weighted by molar-refractivity contribution is 0.426. The standard InChI is InChI=1S/C9H7BrF2O/c1-5(4-10)7-2-6(11)3-8(12)9(7)13/h2-3,13H,1,4H2. The maximum absolute atomic E-state index is 12.8. The van der Waals surface area contributed by atoms with Gasteiger partial charge in [0, 0.05) is 17.0 Å². The third-order valence-corrected chi connectivity index (χ3v) is 2.25. The molecule has 13 heavy (non-hydrogen) atoms. The van der Waals surface area contributed by atoms with Gasteiger partial charge >= 0.3 is 0 Å². The zero-order valence-electron chi connectivity index (χ0n) is 6.65. The molecule has 1 rings (SSSR count). The molecule has 1 nitrogen and oxygen atoms in total. The maximum atomic E-state index is 12.8. The average molecular weight is 249 g/mol. The van der Waals surface area contributed by atoms with Crippen LogP contribution in [0, 0.1) is 11.6 Å². The monoisotopic (exact) mass is 248 g/mol. The number of allylic oxidation sites excluding steroid dienone is 1. The first-order chi connectivity index (χ1) is 6.06. The Morgan fingerprint density at radius 3 is 2.62 bits per heavy atom. The van der Waals surface area contributed by atoms with Gasteiger partial charge in [0.15, 0.2) is 11.6 Å². The molecule has 0 aliphatic carbocycles. The van der Waals surface area contributed by atoms with E-state index < -0.39 is 17.4 Å².